The van der Waals surface area contributed by atoms with Crippen molar-refractivity contribution in [3.05, 3.63) is 33.1 Å². The van der Waals surface area contributed by atoms with Gasteiger partial charge in [-0.3, -0.25) is 18.9 Å². The molecule has 11 heteroatoms. The first-order valence-electron chi connectivity index (χ1n) is 5.58. The second-order valence-electron chi connectivity index (χ2n) is 4.38. The van der Waals surface area contributed by atoms with Crippen LogP contribution in [0.1, 0.15) is 12.6 Å². The summed E-state index contributed by atoms with van der Waals surface area (Å²) in [5.74, 6) is -2.19. The van der Waals surface area contributed by atoms with Crippen molar-refractivity contribution in [2.75, 3.05) is 0 Å². The zero-order valence-corrected chi connectivity index (χ0v) is 10.9. The van der Waals surface area contributed by atoms with E-state index in [1.165, 1.54) is 0 Å². The Hall–Kier alpha value is -1.29. The smallest absolute Gasteiger partial charge is 0.356 e. The number of aliphatic hydroxyl groups is 2. The minimum absolute atomic E-state index is 0.159. The van der Waals surface area contributed by atoms with Crippen LogP contribution in [0.2, 0.25) is 0 Å². The van der Waals surface area contributed by atoms with Crippen molar-refractivity contribution in [2.24, 2.45) is 0 Å². The molecule has 2 rings (SSSR count). The van der Waals surface area contributed by atoms with Gasteiger partial charge in [-0.05, 0) is 0 Å². The van der Waals surface area contributed by atoms with E-state index >= 15 is 0 Å². The third kappa shape index (κ3) is 2.90. The number of nitrogens with zero attached hydrogens (tertiary/aromatic N) is 1. The molecule has 0 aromatic carbocycles. The van der Waals surface area contributed by atoms with Gasteiger partial charge in [0, 0.05) is 18.7 Å². The minimum Gasteiger partial charge on any atom is -0.390 e. The molecule has 5 N–H and O–H groups in total. The van der Waals surface area contributed by atoms with Crippen LogP contribution in [0.5, 0.6) is 0 Å². The van der Waals surface area contributed by atoms with E-state index in [1.807, 2.05) is 4.98 Å². The van der Waals surface area contributed by atoms with Gasteiger partial charge in [0.2, 0.25) is 0 Å². The van der Waals surface area contributed by atoms with Crippen LogP contribution in [-0.4, -0.2) is 47.6 Å². The largest absolute Gasteiger partial charge is 0.390 e. The summed E-state index contributed by atoms with van der Waals surface area (Å²) in [5, 5.41) is 19.1. The first-order chi connectivity index (χ1) is 9.20. The number of rotatable bonds is 3. The van der Waals surface area contributed by atoms with Gasteiger partial charge in [0.05, 0.1) is 6.10 Å². The van der Waals surface area contributed by atoms with Gasteiger partial charge in [-0.1, -0.05) is 0 Å². The summed E-state index contributed by atoms with van der Waals surface area (Å²) < 4.78 is 17.0. The van der Waals surface area contributed by atoms with Crippen LogP contribution in [0.3, 0.4) is 0 Å². The van der Waals surface area contributed by atoms with Gasteiger partial charge in [-0.15, -0.1) is 0 Å². The summed E-state index contributed by atoms with van der Waals surface area (Å²) in [5.41, 5.74) is -1.40. The lowest BCUT2D eigenvalue weighted by Gasteiger charge is -2.21. The maximum Gasteiger partial charge on any atom is 0.356 e. The summed E-state index contributed by atoms with van der Waals surface area (Å²) in [7, 11) is -4.86. The maximum absolute atomic E-state index is 11.5. The van der Waals surface area contributed by atoms with E-state index < -0.39 is 43.1 Å². The number of hydrogen-bond donors (Lipinski definition) is 5. The van der Waals surface area contributed by atoms with E-state index in [2.05, 4.69) is 0 Å². The van der Waals surface area contributed by atoms with E-state index in [4.69, 9.17) is 14.5 Å². The third-order valence-electron chi connectivity index (χ3n) is 2.94. The zero-order valence-electron chi connectivity index (χ0n) is 9.99. The Bertz CT molecular complexity index is 648. The molecule has 0 amide bonds. The number of aromatic nitrogens is 2. The van der Waals surface area contributed by atoms with Gasteiger partial charge in [-0.25, -0.2) is 4.79 Å². The quantitative estimate of drug-likeness (QED) is 0.389. The molecule has 1 aliphatic rings. The lowest BCUT2D eigenvalue weighted by molar-refractivity contribution is -0.0644. The molecule has 0 spiro atoms. The minimum atomic E-state index is -4.86. The Kier molecular flexibility index (Phi) is 3.96. The SMILES string of the molecule is O=c1ccn([C@H]2C[C@H](O)[C@@H]([C@H](O)P(=O)(O)O)O2)c(=O)[nH]1. The Morgan fingerprint density at radius 2 is 2.10 bits per heavy atom. The Labute approximate surface area is 111 Å². The Morgan fingerprint density at radius 1 is 1.45 bits per heavy atom. The fourth-order valence-corrected chi connectivity index (χ4v) is 2.61. The molecule has 0 aliphatic carbocycles. The third-order valence-corrected chi connectivity index (χ3v) is 3.92. The molecule has 1 aliphatic heterocycles. The average molecular weight is 308 g/mol. The molecular weight excluding hydrogens is 295 g/mol. The Morgan fingerprint density at radius 3 is 2.65 bits per heavy atom. The van der Waals surface area contributed by atoms with Crippen LogP contribution < -0.4 is 11.2 Å². The maximum atomic E-state index is 11.5. The summed E-state index contributed by atoms with van der Waals surface area (Å²) >= 11 is 0. The van der Waals surface area contributed by atoms with Crippen LogP contribution in [0, 0.1) is 0 Å². The highest BCUT2D eigenvalue weighted by Gasteiger charge is 2.46. The summed E-state index contributed by atoms with van der Waals surface area (Å²) in [6, 6.07) is 1.06. The summed E-state index contributed by atoms with van der Waals surface area (Å²) in [4.78, 5) is 42.2. The number of aromatic amines is 1. The monoisotopic (exact) mass is 308 g/mol. The number of H-pyrrole nitrogens is 1. The zero-order chi connectivity index (χ0) is 15.1. The highest BCUT2D eigenvalue weighted by Crippen LogP contribution is 2.46. The van der Waals surface area contributed by atoms with Gasteiger partial charge < -0.3 is 24.7 Å². The fourth-order valence-electron chi connectivity index (χ4n) is 1.96. The predicted molar refractivity (Wildman–Crippen MR) is 63.9 cm³/mol. The topological polar surface area (TPSA) is 162 Å². The van der Waals surface area contributed by atoms with Gasteiger partial charge in [-0.2, -0.15) is 0 Å². The molecule has 4 atom stereocenters. The van der Waals surface area contributed by atoms with Crippen molar-refractivity contribution in [1.29, 1.82) is 0 Å². The van der Waals surface area contributed by atoms with Crippen molar-refractivity contribution in [2.45, 2.75) is 30.7 Å². The van der Waals surface area contributed by atoms with Crippen LogP contribution in [-0.2, 0) is 9.30 Å². The molecule has 20 heavy (non-hydrogen) atoms. The van der Waals surface area contributed by atoms with Crippen molar-refractivity contribution in [3.63, 3.8) is 0 Å². The van der Waals surface area contributed by atoms with Crippen LogP contribution in [0.15, 0.2) is 21.9 Å². The molecule has 0 bridgehead atoms. The van der Waals surface area contributed by atoms with Crippen LogP contribution in [0.25, 0.3) is 0 Å². The lowest BCUT2D eigenvalue weighted by Crippen LogP contribution is -2.35. The fraction of sp³-hybridized carbons (Fsp3) is 0.556. The normalized spacial score (nSPS) is 28.5. The van der Waals surface area contributed by atoms with E-state index in [9.17, 15) is 24.4 Å². The van der Waals surface area contributed by atoms with Gasteiger partial charge >= 0.3 is 13.3 Å². The first kappa shape index (κ1) is 15.1. The van der Waals surface area contributed by atoms with E-state index in [0.717, 1.165) is 16.8 Å². The molecule has 1 aromatic heterocycles. The van der Waals surface area contributed by atoms with Crippen LogP contribution >= 0.6 is 7.60 Å². The number of hydrogen-bond acceptors (Lipinski definition) is 6. The van der Waals surface area contributed by atoms with Crippen LogP contribution in [0.4, 0.5) is 0 Å². The molecule has 2 heterocycles. The van der Waals surface area contributed by atoms with Gasteiger partial charge in [0.15, 0.2) is 5.85 Å². The molecule has 1 fully saturated rings. The van der Waals surface area contributed by atoms with E-state index in [-0.39, 0.29) is 6.42 Å². The molecule has 1 aromatic rings. The van der Waals surface area contributed by atoms with E-state index in [0.29, 0.717) is 0 Å². The van der Waals surface area contributed by atoms with E-state index in [1.54, 1.807) is 0 Å². The molecule has 10 nitrogen and oxygen atoms in total. The first-order valence-corrected chi connectivity index (χ1v) is 7.26. The van der Waals surface area contributed by atoms with Gasteiger partial charge in [0.25, 0.3) is 5.56 Å². The molecule has 0 saturated carbocycles. The molecule has 0 radical (unpaired) electrons. The predicted octanol–water partition coefficient (Wildman–Crippen LogP) is -2.32. The van der Waals surface area contributed by atoms with Crippen molar-refractivity contribution < 1.29 is 29.3 Å². The number of nitrogens with one attached hydrogen (secondary N) is 1. The van der Waals surface area contributed by atoms with Crippen molar-refractivity contribution >= 4 is 7.60 Å². The average Bonchev–Trinajstić information content (AvgIpc) is 2.68. The molecule has 0 unspecified atom stereocenters. The lowest BCUT2D eigenvalue weighted by atomic mass is 10.2. The summed E-state index contributed by atoms with van der Waals surface area (Å²) in [6.07, 6.45) is -2.96. The van der Waals surface area contributed by atoms with Crippen molar-refractivity contribution in [1.82, 2.24) is 9.55 Å². The molecular formula is C9H13N2O8P. The molecule has 112 valence electrons. The highest BCUT2D eigenvalue weighted by atomic mass is 31.2. The second kappa shape index (κ2) is 5.24. The highest BCUT2D eigenvalue weighted by molar-refractivity contribution is 7.52. The number of aliphatic hydroxyl groups excluding tert-OH is 2. The summed E-state index contributed by atoms with van der Waals surface area (Å²) in [6.45, 7) is 0. The second-order valence-corrected chi connectivity index (χ2v) is 6.09. The van der Waals surface area contributed by atoms with Gasteiger partial charge in [0.1, 0.15) is 12.3 Å². The molecule has 1 saturated heterocycles. The number of ether oxygens (including phenoxy) is 1. The van der Waals surface area contributed by atoms with Crippen molar-refractivity contribution in [3.8, 4) is 0 Å². The standard InChI is InChI=1S/C9H13N2O8P/c12-4-3-6(11-2-1-5(13)10-9(11)15)19-7(4)8(14)20(16,17)18/h1-2,4,6-8,12,14H,3H2,(H,10,13,15)(H2,16,17,18)/t4-,6+,7-,8+/m0/s1. The Balaban J connectivity index is 2.25.